The van der Waals surface area contributed by atoms with E-state index in [4.69, 9.17) is 0 Å². The van der Waals surface area contributed by atoms with E-state index in [2.05, 4.69) is 0 Å². The summed E-state index contributed by atoms with van der Waals surface area (Å²) in [6.45, 7) is 0. The normalized spacial score (nSPS) is 0. The molecule has 0 amide bonds. The van der Waals surface area contributed by atoms with Crippen LogP contribution in [0.25, 0.3) is 0 Å². The molecule has 5 heteroatoms. The Morgan fingerprint density at radius 3 is 0.600 bits per heavy atom. The topological polar surface area (TPSA) is 85.5 Å². The Morgan fingerprint density at radius 2 is 0.600 bits per heavy atom. The van der Waals surface area contributed by atoms with Crippen LogP contribution in [0, 0.1) is 0 Å². The van der Waals surface area contributed by atoms with Crippen LogP contribution in [0.2, 0.25) is 0 Å². The second-order valence-electron chi connectivity index (χ2n) is 0. The molecule has 3 nitrogen and oxygen atoms in total. The van der Waals surface area contributed by atoms with Crippen LogP contribution in [0.5, 0.6) is 0 Å². The summed E-state index contributed by atoms with van der Waals surface area (Å²) in [7, 11) is 0. The Bertz CT molecular complexity index is 6.85. The fraction of sp³-hybridized carbons (Fsp3) is 0. The molecule has 0 atom stereocenters. The van der Waals surface area contributed by atoms with Gasteiger partial charge in [0.1, 0.15) is 0 Å². The van der Waals surface area contributed by atoms with Gasteiger partial charge in [0, 0.05) is 21.1 Å². The van der Waals surface area contributed by atoms with E-state index in [0.717, 1.165) is 0 Å². The van der Waals surface area contributed by atoms with Crippen molar-refractivity contribution in [1.29, 1.82) is 0 Å². The summed E-state index contributed by atoms with van der Waals surface area (Å²) in [5, 5.41) is 0. The van der Waals surface area contributed by atoms with Crippen molar-refractivity contribution in [1.82, 2.24) is 0 Å². The van der Waals surface area contributed by atoms with Crippen molar-refractivity contribution in [3.05, 3.63) is 0 Å². The molecule has 0 saturated heterocycles. The molecule has 0 N–H and O–H groups in total. The standard InChI is InChI=1S/3O.H4Si.W/h;;;1H4;/q3*-2;;. The van der Waals surface area contributed by atoms with Gasteiger partial charge in [-0.25, -0.2) is 0 Å². The van der Waals surface area contributed by atoms with Crippen LogP contribution < -0.4 is 0 Å². The van der Waals surface area contributed by atoms with Gasteiger partial charge in [0.15, 0.2) is 0 Å². The van der Waals surface area contributed by atoms with Gasteiger partial charge in [0.2, 0.25) is 0 Å². The summed E-state index contributed by atoms with van der Waals surface area (Å²) in [5.41, 5.74) is 0. The Morgan fingerprint density at radius 1 is 0.600 bits per heavy atom. The Labute approximate surface area is 49.0 Å². The maximum Gasteiger partial charge on any atom is 0 e. The molecule has 0 saturated carbocycles. The van der Waals surface area contributed by atoms with Gasteiger partial charge in [-0.15, -0.1) is 0 Å². The van der Waals surface area contributed by atoms with E-state index in [1.165, 1.54) is 0 Å². The summed E-state index contributed by atoms with van der Waals surface area (Å²) < 4.78 is 0. The van der Waals surface area contributed by atoms with Crippen LogP contribution in [0.1, 0.15) is 0 Å². The van der Waals surface area contributed by atoms with Crippen molar-refractivity contribution in [3.63, 3.8) is 0 Å². The first-order valence-corrected chi connectivity index (χ1v) is 0. The van der Waals surface area contributed by atoms with Gasteiger partial charge in [-0.2, -0.15) is 0 Å². The second kappa shape index (κ2) is 111. The van der Waals surface area contributed by atoms with E-state index in [1.807, 2.05) is 0 Å². The Kier molecular flexibility index (Phi) is 4780. The summed E-state index contributed by atoms with van der Waals surface area (Å²) >= 11 is 0. The first-order chi connectivity index (χ1) is 0. The summed E-state index contributed by atoms with van der Waals surface area (Å²) in [6, 6.07) is 0. The fourth-order valence-corrected chi connectivity index (χ4v) is 0. The number of hydrogen-bond donors (Lipinski definition) is 0. The molecule has 0 aliphatic heterocycles. The molecule has 0 fully saturated rings. The van der Waals surface area contributed by atoms with Gasteiger partial charge < -0.3 is 16.4 Å². The van der Waals surface area contributed by atoms with Crippen molar-refractivity contribution in [2.75, 3.05) is 0 Å². The molecular weight excluding hydrogens is 260 g/mol. The van der Waals surface area contributed by atoms with Crippen molar-refractivity contribution in [2.45, 2.75) is 0 Å². The number of hydrogen-bond acceptors (Lipinski definition) is 0. The molecule has 5 heavy (non-hydrogen) atoms. The van der Waals surface area contributed by atoms with Crippen molar-refractivity contribution >= 4 is 11.0 Å². The minimum atomic E-state index is 0. The van der Waals surface area contributed by atoms with Gasteiger partial charge in [0.25, 0.3) is 0 Å². The van der Waals surface area contributed by atoms with E-state index >= 15 is 0 Å². The molecule has 0 aliphatic carbocycles. The fourth-order valence-electron chi connectivity index (χ4n) is 0. The van der Waals surface area contributed by atoms with Crippen LogP contribution in [-0.2, 0) is 37.5 Å². The molecule has 0 bridgehead atoms. The number of rotatable bonds is 0. The largest absolute Gasteiger partial charge is 2.00 e. The first-order valence-electron chi connectivity index (χ1n) is 0. The van der Waals surface area contributed by atoms with Crippen LogP contribution in [0.4, 0.5) is 0 Å². The molecular formula is H4O3SiW-6. The summed E-state index contributed by atoms with van der Waals surface area (Å²) in [4.78, 5) is 0. The Balaban J connectivity index is 0. The maximum absolute atomic E-state index is 0. The third-order valence-corrected chi connectivity index (χ3v) is 0. The van der Waals surface area contributed by atoms with Crippen molar-refractivity contribution < 1.29 is 37.5 Å². The second-order valence-corrected chi connectivity index (χ2v) is 0. The monoisotopic (exact) mass is 264 g/mol. The molecule has 0 aromatic rings. The summed E-state index contributed by atoms with van der Waals surface area (Å²) in [6.07, 6.45) is 0. The van der Waals surface area contributed by atoms with Crippen LogP contribution in [0.15, 0.2) is 0 Å². The van der Waals surface area contributed by atoms with Gasteiger partial charge in [-0.3, -0.25) is 0 Å². The predicted octanol–water partition coefficient (Wildman–Crippen LogP) is -1.81. The van der Waals surface area contributed by atoms with Gasteiger partial charge in [0.05, 0.1) is 0 Å². The summed E-state index contributed by atoms with van der Waals surface area (Å²) in [5.74, 6) is 0. The zero-order valence-corrected chi connectivity index (χ0v) is 4.57. The zero-order chi connectivity index (χ0) is 0. The molecule has 0 aliphatic rings. The Hall–Kier alpha value is 0.785. The van der Waals surface area contributed by atoms with Gasteiger partial charge in [-0.05, 0) is 11.0 Å². The smallest absolute Gasteiger partial charge is 0 e. The van der Waals surface area contributed by atoms with E-state index in [-0.39, 0.29) is 48.5 Å². The molecule has 0 heterocycles. The third kappa shape index (κ3) is 60.2. The molecule has 0 aromatic heterocycles. The van der Waals surface area contributed by atoms with Crippen LogP contribution >= 0.6 is 0 Å². The van der Waals surface area contributed by atoms with Gasteiger partial charge in [-0.1, -0.05) is 0 Å². The average Bonchev–Trinajstić information content (AvgIpc) is 0. The van der Waals surface area contributed by atoms with E-state index < -0.39 is 0 Å². The quantitative estimate of drug-likeness (QED) is 0.462. The molecule has 0 radical (unpaired) electrons. The van der Waals surface area contributed by atoms with E-state index in [1.54, 1.807) is 0 Å². The molecule has 38 valence electrons. The molecule has 0 rings (SSSR count). The van der Waals surface area contributed by atoms with Crippen molar-refractivity contribution in [2.24, 2.45) is 0 Å². The first kappa shape index (κ1) is 215. The van der Waals surface area contributed by atoms with Gasteiger partial charge >= 0.3 is 0 Å². The van der Waals surface area contributed by atoms with Crippen LogP contribution in [-0.4, -0.2) is 11.0 Å². The predicted molar refractivity (Wildman–Crippen MR) is 13.4 cm³/mol. The maximum atomic E-state index is 0. The van der Waals surface area contributed by atoms with E-state index in [0.29, 0.717) is 0 Å². The molecule has 0 unspecified atom stereocenters. The minimum Gasteiger partial charge on any atom is -2.00 e. The average molecular weight is 264 g/mol. The zero-order valence-electron chi connectivity index (χ0n) is 1.63. The van der Waals surface area contributed by atoms with Crippen molar-refractivity contribution in [3.8, 4) is 0 Å². The van der Waals surface area contributed by atoms with Crippen LogP contribution in [0.3, 0.4) is 0 Å². The SMILES string of the molecule is [O-2].[O-2].[O-2].[SiH4].[W]. The molecule has 0 aromatic carbocycles. The molecule has 0 spiro atoms. The third-order valence-electron chi connectivity index (χ3n) is 0. The minimum absolute atomic E-state index is 0. The van der Waals surface area contributed by atoms with E-state index in [9.17, 15) is 0 Å².